The number of benzene rings is 2. The molecule has 0 amide bonds. The van der Waals surface area contributed by atoms with E-state index in [-0.39, 0.29) is 5.39 Å². The summed E-state index contributed by atoms with van der Waals surface area (Å²) in [7, 11) is -6.01. The summed E-state index contributed by atoms with van der Waals surface area (Å²) < 4.78 is 63.1. The molecular formula is C13H8F3NO5S. The fourth-order valence-electron chi connectivity index (χ4n) is 1.86. The first-order chi connectivity index (χ1) is 10.6. The standard InChI is InChI=1S/C13H8F3NO5S/c1-2-8-3-5-10-9(7-8)4-6-11(12(10)17(18)19)22-23(20,21)13(14,15)16/h2-7H,1H2. The number of nitro benzene ring substituents is 1. The fraction of sp³-hybridized carbons (Fsp3) is 0.0769. The van der Waals surface area contributed by atoms with Gasteiger partial charge < -0.3 is 4.18 Å². The molecule has 0 fully saturated rings. The molecule has 0 spiro atoms. The summed E-state index contributed by atoms with van der Waals surface area (Å²) in [6.07, 6.45) is 1.48. The topological polar surface area (TPSA) is 86.5 Å². The Kier molecular flexibility index (Phi) is 4.03. The van der Waals surface area contributed by atoms with Crippen molar-refractivity contribution < 1.29 is 30.7 Å². The molecule has 2 rings (SSSR count). The molecule has 0 aliphatic heterocycles. The normalized spacial score (nSPS) is 12.1. The van der Waals surface area contributed by atoms with Crippen LogP contribution in [0.25, 0.3) is 16.8 Å². The minimum atomic E-state index is -6.01. The van der Waals surface area contributed by atoms with Crippen molar-refractivity contribution in [1.82, 2.24) is 0 Å². The number of hydrogen-bond donors (Lipinski definition) is 0. The smallest absolute Gasteiger partial charge is 0.369 e. The highest BCUT2D eigenvalue weighted by molar-refractivity contribution is 7.88. The third-order valence-corrected chi connectivity index (χ3v) is 3.85. The first-order valence-electron chi connectivity index (χ1n) is 5.91. The molecule has 0 atom stereocenters. The molecule has 0 N–H and O–H groups in total. The molecule has 0 saturated carbocycles. The van der Waals surface area contributed by atoms with Gasteiger partial charge in [0, 0.05) is 0 Å². The molecule has 122 valence electrons. The Balaban J connectivity index is 2.68. The highest BCUT2D eigenvalue weighted by Gasteiger charge is 2.49. The average molecular weight is 347 g/mol. The Bertz CT molecular complexity index is 906. The first-order valence-corrected chi connectivity index (χ1v) is 7.32. The highest BCUT2D eigenvalue weighted by atomic mass is 32.2. The highest BCUT2D eigenvalue weighted by Crippen LogP contribution is 2.38. The molecule has 0 radical (unpaired) electrons. The lowest BCUT2D eigenvalue weighted by atomic mass is 10.0. The summed E-state index contributed by atoms with van der Waals surface area (Å²) in [4.78, 5) is 10.2. The Labute approximate surface area is 128 Å². The third-order valence-electron chi connectivity index (χ3n) is 2.88. The lowest BCUT2D eigenvalue weighted by molar-refractivity contribution is -0.383. The van der Waals surface area contributed by atoms with Gasteiger partial charge in [-0.2, -0.15) is 21.6 Å². The zero-order valence-electron chi connectivity index (χ0n) is 11.2. The van der Waals surface area contributed by atoms with E-state index in [2.05, 4.69) is 10.8 Å². The Morgan fingerprint density at radius 1 is 1.22 bits per heavy atom. The average Bonchev–Trinajstić information content (AvgIpc) is 2.44. The van der Waals surface area contributed by atoms with Gasteiger partial charge in [-0.15, -0.1) is 0 Å². The van der Waals surface area contributed by atoms with E-state index in [9.17, 15) is 31.7 Å². The van der Waals surface area contributed by atoms with Crippen molar-refractivity contribution in [2.24, 2.45) is 0 Å². The van der Waals surface area contributed by atoms with E-state index in [4.69, 9.17) is 0 Å². The van der Waals surface area contributed by atoms with E-state index in [0.29, 0.717) is 10.9 Å². The number of rotatable bonds is 4. The van der Waals surface area contributed by atoms with E-state index < -0.39 is 32.0 Å². The van der Waals surface area contributed by atoms with Crippen molar-refractivity contribution in [3.05, 3.63) is 52.6 Å². The lowest BCUT2D eigenvalue weighted by Gasteiger charge is -2.11. The van der Waals surface area contributed by atoms with Gasteiger partial charge >= 0.3 is 21.3 Å². The first kappa shape index (κ1) is 16.7. The van der Waals surface area contributed by atoms with Crippen LogP contribution in [-0.4, -0.2) is 18.8 Å². The van der Waals surface area contributed by atoms with Crippen LogP contribution in [0.5, 0.6) is 5.75 Å². The van der Waals surface area contributed by atoms with Crippen molar-refractivity contribution >= 4 is 32.7 Å². The summed E-state index contributed by atoms with van der Waals surface area (Å²) >= 11 is 0. The quantitative estimate of drug-likeness (QED) is 0.365. The van der Waals surface area contributed by atoms with Crippen LogP contribution in [-0.2, 0) is 10.1 Å². The van der Waals surface area contributed by atoms with Crippen molar-refractivity contribution in [3.63, 3.8) is 0 Å². The van der Waals surface area contributed by atoms with Crippen LogP contribution in [0.1, 0.15) is 5.56 Å². The molecule has 2 aromatic rings. The monoisotopic (exact) mass is 347 g/mol. The SMILES string of the molecule is C=Cc1ccc2c([N+](=O)[O-])c(OS(=O)(=O)C(F)(F)F)ccc2c1. The minimum absolute atomic E-state index is 0.0597. The zero-order valence-corrected chi connectivity index (χ0v) is 12.0. The number of halogens is 3. The van der Waals surface area contributed by atoms with Crippen LogP contribution < -0.4 is 4.18 Å². The molecule has 0 unspecified atom stereocenters. The van der Waals surface area contributed by atoms with Gasteiger partial charge in [0.1, 0.15) is 0 Å². The van der Waals surface area contributed by atoms with Gasteiger partial charge in [-0.1, -0.05) is 24.8 Å². The van der Waals surface area contributed by atoms with Crippen LogP contribution in [0.4, 0.5) is 18.9 Å². The maximum Gasteiger partial charge on any atom is 0.534 e. The van der Waals surface area contributed by atoms with Crippen molar-refractivity contribution in [1.29, 1.82) is 0 Å². The van der Waals surface area contributed by atoms with Gasteiger partial charge in [0.05, 0.1) is 10.3 Å². The predicted molar refractivity (Wildman–Crippen MR) is 76.3 cm³/mol. The molecule has 0 heterocycles. The maximum atomic E-state index is 12.4. The fourth-order valence-corrected chi connectivity index (χ4v) is 2.33. The van der Waals surface area contributed by atoms with Crippen LogP contribution >= 0.6 is 0 Å². The molecule has 2 aromatic carbocycles. The van der Waals surface area contributed by atoms with Crippen LogP contribution in [0.2, 0.25) is 0 Å². The molecule has 0 bridgehead atoms. The molecular weight excluding hydrogens is 339 g/mol. The van der Waals surface area contributed by atoms with Gasteiger partial charge in [0.15, 0.2) is 0 Å². The van der Waals surface area contributed by atoms with E-state index in [0.717, 1.165) is 6.07 Å². The van der Waals surface area contributed by atoms with E-state index in [1.54, 1.807) is 0 Å². The van der Waals surface area contributed by atoms with E-state index in [1.165, 1.54) is 30.3 Å². The summed E-state index contributed by atoms with van der Waals surface area (Å²) in [6, 6.07) is 6.26. The summed E-state index contributed by atoms with van der Waals surface area (Å²) in [5.41, 5.74) is -5.93. The minimum Gasteiger partial charge on any atom is -0.369 e. The predicted octanol–water partition coefficient (Wildman–Crippen LogP) is 3.62. The second-order valence-corrected chi connectivity index (χ2v) is 5.88. The largest absolute Gasteiger partial charge is 0.534 e. The number of fused-ring (bicyclic) bond motifs is 1. The summed E-state index contributed by atoms with van der Waals surface area (Å²) in [5.74, 6) is -1.01. The Hall–Kier alpha value is -2.62. The molecule has 0 aromatic heterocycles. The van der Waals surface area contributed by atoms with Crippen molar-refractivity contribution in [3.8, 4) is 5.75 Å². The maximum absolute atomic E-state index is 12.4. The molecule has 0 aliphatic carbocycles. The Morgan fingerprint density at radius 2 is 1.87 bits per heavy atom. The van der Waals surface area contributed by atoms with E-state index in [1.807, 2.05) is 0 Å². The molecule has 10 heteroatoms. The van der Waals surface area contributed by atoms with Crippen LogP contribution in [0, 0.1) is 10.1 Å². The second kappa shape index (κ2) is 5.54. The lowest BCUT2D eigenvalue weighted by Crippen LogP contribution is -2.28. The number of hydrogen-bond acceptors (Lipinski definition) is 5. The molecule has 0 saturated heterocycles. The summed E-state index contributed by atoms with van der Waals surface area (Å²) in [6.45, 7) is 3.53. The van der Waals surface area contributed by atoms with Gasteiger partial charge in [0.2, 0.25) is 5.75 Å². The van der Waals surface area contributed by atoms with E-state index >= 15 is 0 Å². The molecule has 23 heavy (non-hydrogen) atoms. The number of nitrogens with zero attached hydrogens (tertiary/aromatic N) is 1. The van der Waals surface area contributed by atoms with Gasteiger partial charge in [-0.3, -0.25) is 10.1 Å². The van der Waals surface area contributed by atoms with Crippen molar-refractivity contribution in [2.45, 2.75) is 5.51 Å². The zero-order chi connectivity index (χ0) is 17.4. The Morgan fingerprint density at radius 3 is 2.39 bits per heavy atom. The van der Waals surface area contributed by atoms with Crippen LogP contribution in [0.15, 0.2) is 36.9 Å². The van der Waals surface area contributed by atoms with Crippen molar-refractivity contribution in [2.75, 3.05) is 0 Å². The van der Waals surface area contributed by atoms with Crippen LogP contribution in [0.3, 0.4) is 0 Å². The van der Waals surface area contributed by atoms with Gasteiger partial charge in [-0.25, -0.2) is 0 Å². The summed E-state index contributed by atoms with van der Waals surface area (Å²) in [5, 5.41) is 11.4. The molecule has 6 nitrogen and oxygen atoms in total. The number of nitro groups is 1. The van der Waals surface area contributed by atoms with Gasteiger partial charge in [-0.05, 0) is 29.1 Å². The second-order valence-electron chi connectivity index (χ2n) is 4.34. The number of alkyl halides is 3. The third kappa shape index (κ3) is 3.11. The van der Waals surface area contributed by atoms with Gasteiger partial charge in [0.25, 0.3) is 0 Å². The molecule has 0 aliphatic rings.